The first-order chi connectivity index (χ1) is 8.65. The van der Waals surface area contributed by atoms with Crippen molar-refractivity contribution >= 4 is 0 Å². The fraction of sp³-hybridized carbons (Fsp3) is 0.714. The summed E-state index contributed by atoms with van der Waals surface area (Å²) >= 11 is 0. The third-order valence-corrected chi connectivity index (χ3v) is 2.66. The van der Waals surface area contributed by atoms with Crippen molar-refractivity contribution in [3.8, 4) is 5.88 Å². The molecule has 0 saturated carbocycles. The van der Waals surface area contributed by atoms with Crippen LogP contribution in [-0.4, -0.2) is 29.2 Å². The Kier molecular flexibility index (Phi) is 6.65. The Morgan fingerprint density at radius 3 is 2.67 bits per heavy atom. The summed E-state index contributed by atoms with van der Waals surface area (Å²) in [6, 6.07) is 0.459. The van der Waals surface area contributed by atoms with E-state index in [1.807, 2.05) is 13.1 Å². The molecule has 0 fully saturated rings. The van der Waals surface area contributed by atoms with Gasteiger partial charge in [0.2, 0.25) is 5.88 Å². The van der Waals surface area contributed by atoms with Gasteiger partial charge in [-0.05, 0) is 25.8 Å². The highest BCUT2D eigenvalue weighted by atomic mass is 16.5. The summed E-state index contributed by atoms with van der Waals surface area (Å²) in [7, 11) is 0. The Labute approximate surface area is 110 Å². The Morgan fingerprint density at radius 2 is 2.06 bits per heavy atom. The monoisotopic (exact) mass is 251 g/mol. The molecule has 0 aromatic carbocycles. The molecular formula is C14H25N3O. The first-order valence-corrected chi connectivity index (χ1v) is 6.82. The summed E-state index contributed by atoms with van der Waals surface area (Å²) in [5.74, 6) is 1.30. The van der Waals surface area contributed by atoms with Gasteiger partial charge in [0.1, 0.15) is 0 Å². The standard InChI is InChI=1S/C14H25N3O/c1-5-16-12(7-11(3)4)8-13-9-15-10-14(17-13)18-6-2/h9-12,16H,5-8H2,1-4H3. The fourth-order valence-corrected chi connectivity index (χ4v) is 2.05. The van der Waals surface area contributed by atoms with E-state index in [-0.39, 0.29) is 0 Å². The van der Waals surface area contributed by atoms with Crippen molar-refractivity contribution in [3.63, 3.8) is 0 Å². The molecule has 1 N–H and O–H groups in total. The van der Waals surface area contributed by atoms with Gasteiger partial charge < -0.3 is 10.1 Å². The van der Waals surface area contributed by atoms with Crippen LogP contribution in [0.25, 0.3) is 0 Å². The molecule has 4 nitrogen and oxygen atoms in total. The Morgan fingerprint density at radius 1 is 1.28 bits per heavy atom. The minimum atomic E-state index is 0.459. The molecule has 0 amide bonds. The molecule has 0 bridgehead atoms. The molecule has 0 aliphatic rings. The van der Waals surface area contributed by atoms with Crippen LogP contribution in [0, 0.1) is 5.92 Å². The largest absolute Gasteiger partial charge is 0.477 e. The van der Waals surface area contributed by atoms with Gasteiger partial charge >= 0.3 is 0 Å². The molecule has 0 spiro atoms. The summed E-state index contributed by atoms with van der Waals surface area (Å²) in [4.78, 5) is 8.65. The van der Waals surface area contributed by atoms with E-state index >= 15 is 0 Å². The third kappa shape index (κ3) is 5.45. The van der Waals surface area contributed by atoms with Crippen molar-refractivity contribution < 1.29 is 4.74 Å². The topological polar surface area (TPSA) is 47.0 Å². The third-order valence-electron chi connectivity index (χ3n) is 2.66. The van der Waals surface area contributed by atoms with Crippen molar-refractivity contribution in [1.29, 1.82) is 0 Å². The minimum Gasteiger partial charge on any atom is -0.477 e. The zero-order valence-electron chi connectivity index (χ0n) is 11.9. The van der Waals surface area contributed by atoms with Crippen molar-refractivity contribution in [1.82, 2.24) is 15.3 Å². The van der Waals surface area contributed by atoms with Gasteiger partial charge in [-0.15, -0.1) is 0 Å². The lowest BCUT2D eigenvalue weighted by Gasteiger charge is -2.19. The molecule has 1 rings (SSSR count). The quantitative estimate of drug-likeness (QED) is 0.771. The van der Waals surface area contributed by atoms with Gasteiger partial charge in [0.15, 0.2) is 0 Å². The van der Waals surface area contributed by atoms with Crippen LogP contribution in [0.1, 0.15) is 39.8 Å². The number of nitrogens with zero attached hydrogens (tertiary/aromatic N) is 2. The lowest BCUT2D eigenvalue weighted by Crippen LogP contribution is -2.32. The van der Waals surface area contributed by atoms with Gasteiger partial charge in [-0.1, -0.05) is 20.8 Å². The van der Waals surface area contributed by atoms with E-state index in [1.54, 1.807) is 6.20 Å². The zero-order valence-corrected chi connectivity index (χ0v) is 11.9. The minimum absolute atomic E-state index is 0.459. The molecule has 0 saturated heterocycles. The number of ether oxygens (including phenoxy) is 1. The van der Waals surface area contributed by atoms with Crippen molar-refractivity contribution in [2.75, 3.05) is 13.2 Å². The number of hydrogen-bond donors (Lipinski definition) is 1. The van der Waals surface area contributed by atoms with Gasteiger partial charge in [-0.3, -0.25) is 4.98 Å². The fourth-order valence-electron chi connectivity index (χ4n) is 2.05. The van der Waals surface area contributed by atoms with Crippen LogP contribution < -0.4 is 10.1 Å². The van der Waals surface area contributed by atoms with E-state index in [2.05, 4.69) is 36.1 Å². The number of nitrogens with one attached hydrogen (secondary N) is 1. The Balaban J connectivity index is 2.64. The lowest BCUT2D eigenvalue weighted by atomic mass is 10.00. The molecule has 18 heavy (non-hydrogen) atoms. The highest BCUT2D eigenvalue weighted by Gasteiger charge is 2.12. The predicted octanol–water partition coefficient (Wildman–Crippen LogP) is 2.44. The van der Waals surface area contributed by atoms with Gasteiger partial charge in [0, 0.05) is 18.7 Å². The molecule has 1 heterocycles. The molecule has 4 heteroatoms. The highest BCUT2D eigenvalue weighted by Crippen LogP contribution is 2.11. The smallest absolute Gasteiger partial charge is 0.232 e. The second-order valence-corrected chi connectivity index (χ2v) is 4.87. The SMILES string of the molecule is CCNC(Cc1cncc(OCC)n1)CC(C)C. The molecular weight excluding hydrogens is 226 g/mol. The second-order valence-electron chi connectivity index (χ2n) is 4.87. The van der Waals surface area contributed by atoms with Crippen LogP contribution in [0.4, 0.5) is 0 Å². The van der Waals surface area contributed by atoms with E-state index in [4.69, 9.17) is 4.74 Å². The zero-order chi connectivity index (χ0) is 13.4. The predicted molar refractivity (Wildman–Crippen MR) is 73.8 cm³/mol. The Hall–Kier alpha value is -1.16. The van der Waals surface area contributed by atoms with E-state index in [1.165, 1.54) is 0 Å². The maximum Gasteiger partial charge on any atom is 0.232 e. The molecule has 1 aromatic heterocycles. The summed E-state index contributed by atoms with van der Waals surface area (Å²) in [5, 5.41) is 3.51. The normalized spacial score (nSPS) is 12.7. The maximum absolute atomic E-state index is 5.38. The van der Waals surface area contributed by atoms with E-state index in [9.17, 15) is 0 Å². The number of aromatic nitrogens is 2. The summed E-state index contributed by atoms with van der Waals surface area (Å²) < 4.78 is 5.38. The average molecular weight is 251 g/mol. The van der Waals surface area contributed by atoms with Crippen LogP contribution in [0.2, 0.25) is 0 Å². The summed E-state index contributed by atoms with van der Waals surface area (Å²) in [6.45, 7) is 10.2. The van der Waals surface area contributed by atoms with Crippen molar-refractivity contribution in [2.24, 2.45) is 5.92 Å². The Bertz CT molecular complexity index is 342. The van der Waals surface area contributed by atoms with E-state index in [0.29, 0.717) is 24.4 Å². The van der Waals surface area contributed by atoms with Gasteiger partial charge in [-0.2, -0.15) is 0 Å². The highest BCUT2D eigenvalue weighted by molar-refractivity contribution is 5.09. The van der Waals surface area contributed by atoms with Crippen LogP contribution in [-0.2, 0) is 6.42 Å². The van der Waals surface area contributed by atoms with Gasteiger partial charge in [0.05, 0.1) is 18.5 Å². The first kappa shape index (κ1) is 14.9. The molecule has 102 valence electrons. The molecule has 0 radical (unpaired) electrons. The maximum atomic E-state index is 5.38. The second kappa shape index (κ2) is 8.03. The van der Waals surface area contributed by atoms with Gasteiger partial charge in [0.25, 0.3) is 0 Å². The van der Waals surface area contributed by atoms with E-state index in [0.717, 1.165) is 25.1 Å². The lowest BCUT2D eigenvalue weighted by molar-refractivity contribution is 0.323. The van der Waals surface area contributed by atoms with Crippen molar-refractivity contribution in [2.45, 2.75) is 46.6 Å². The number of hydrogen-bond acceptors (Lipinski definition) is 4. The molecule has 1 atom stereocenters. The summed E-state index contributed by atoms with van der Waals surface area (Å²) in [6.07, 6.45) is 5.54. The number of rotatable bonds is 8. The van der Waals surface area contributed by atoms with Crippen molar-refractivity contribution in [3.05, 3.63) is 18.1 Å². The molecule has 0 aliphatic carbocycles. The summed E-state index contributed by atoms with van der Waals surface area (Å²) in [5.41, 5.74) is 0.993. The van der Waals surface area contributed by atoms with Crippen LogP contribution in [0.15, 0.2) is 12.4 Å². The number of likely N-dealkylation sites (N-methyl/N-ethyl adjacent to an activating group) is 1. The first-order valence-electron chi connectivity index (χ1n) is 6.82. The van der Waals surface area contributed by atoms with Crippen LogP contribution in [0.3, 0.4) is 0 Å². The average Bonchev–Trinajstić information content (AvgIpc) is 2.29. The van der Waals surface area contributed by atoms with Gasteiger partial charge in [-0.25, -0.2) is 4.98 Å². The molecule has 1 unspecified atom stereocenters. The van der Waals surface area contributed by atoms with Crippen LogP contribution >= 0.6 is 0 Å². The molecule has 0 aliphatic heterocycles. The van der Waals surface area contributed by atoms with Crippen LogP contribution in [0.5, 0.6) is 5.88 Å². The molecule has 1 aromatic rings. The van der Waals surface area contributed by atoms with E-state index < -0.39 is 0 Å².